The van der Waals surface area contributed by atoms with Crippen molar-refractivity contribution in [3.63, 3.8) is 0 Å². The van der Waals surface area contributed by atoms with Gasteiger partial charge in [0.25, 0.3) is 0 Å². The van der Waals surface area contributed by atoms with E-state index in [4.69, 9.17) is 9.47 Å². The van der Waals surface area contributed by atoms with E-state index in [1.165, 1.54) is 0 Å². The van der Waals surface area contributed by atoms with E-state index in [1.807, 2.05) is 35.2 Å². The van der Waals surface area contributed by atoms with Gasteiger partial charge >= 0.3 is 5.97 Å². The van der Waals surface area contributed by atoms with Gasteiger partial charge < -0.3 is 29.7 Å². The van der Waals surface area contributed by atoms with E-state index in [2.05, 4.69) is 34.4 Å². The third-order valence-electron chi connectivity index (χ3n) is 10.2. The first-order chi connectivity index (χ1) is 22.8. The molecular weight excluding hydrogens is 666 g/mol. The molecule has 1 unspecified atom stereocenters. The second-order valence-electron chi connectivity index (χ2n) is 13.2. The summed E-state index contributed by atoms with van der Waals surface area (Å²) in [5, 5.41) is 12.6. The van der Waals surface area contributed by atoms with Gasteiger partial charge in [-0.3, -0.25) is 19.2 Å². The van der Waals surface area contributed by atoms with Crippen LogP contribution in [0, 0.1) is 11.8 Å². The van der Waals surface area contributed by atoms with E-state index in [9.17, 15) is 24.3 Å². The summed E-state index contributed by atoms with van der Waals surface area (Å²) in [5.41, 5.74) is -0.419. The predicted octanol–water partition coefficient (Wildman–Crippen LogP) is 4.22. The van der Waals surface area contributed by atoms with E-state index in [1.54, 1.807) is 17.1 Å². The van der Waals surface area contributed by atoms with E-state index in [0.717, 1.165) is 37.7 Å². The van der Waals surface area contributed by atoms with E-state index < -0.39 is 41.6 Å². The number of nitrogens with one attached hydrogen (secondary N) is 1. The van der Waals surface area contributed by atoms with E-state index >= 15 is 0 Å². The first-order valence-corrected chi connectivity index (χ1v) is 17.9. The van der Waals surface area contributed by atoms with Crippen molar-refractivity contribution in [1.82, 2.24) is 15.1 Å². The molecule has 5 rings (SSSR count). The Bertz CT molecular complexity index is 1300. The molecule has 1 saturated carbocycles. The van der Waals surface area contributed by atoms with Crippen LogP contribution in [0.1, 0.15) is 75.8 Å². The number of rotatable bonds is 16. The molecule has 2 N–H and O–H groups in total. The van der Waals surface area contributed by atoms with Gasteiger partial charge in [0.05, 0.1) is 24.0 Å². The van der Waals surface area contributed by atoms with Gasteiger partial charge in [-0.2, -0.15) is 0 Å². The van der Waals surface area contributed by atoms with Gasteiger partial charge in [0, 0.05) is 37.0 Å². The Morgan fingerprint density at radius 1 is 1.15 bits per heavy atom. The number of hydrogen-bond donors (Lipinski definition) is 2. The summed E-state index contributed by atoms with van der Waals surface area (Å²) in [6.45, 7) is 8.13. The molecular formula is C36H48BrN3O7. The number of esters is 1. The Morgan fingerprint density at radius 3 is 2.57 bits per heavy atom. The molecule has 0 aromatic heterocycles. The summed E-state index contributed by atoms with van der Waals surface area (Å²) in [5.74, 6) is -2.91. The zero-order chi connectivity index (χ0) is 33.6. The number of allylic oxidation sites excluding steroid dienone is 1. The summed E-state index contributed by atoms with van der Waals surface area (Å²) in [6, 6.07) is 7.78. The Morgan fingerprint density at radius 2 is 1.89 bits per heavy atom. The van der Waals surface area contributed by atoms with Gasteiger partial charge in [0.1, 0.15) is 18.2 Å². The van der Waals surface area contributed by atoms with Crippen molar-refractivity contribution >= 4 is 39.6 Å². The second kappa shape index (κ2) is 15.9. The zero-order valence-electron chi connectivity index (χ0n) is 27.1. The van der Waals surface area contributed by atoms with Crippen LogP contribution in [0.5, 0.6) is 0 Å². The van der Waals surface area contributed by atoms with Crippen LogP contribution in [0.15, 0.2) is 55.6 Å². The number of amides is 3. The quantitative estimate of drug-likeness (QED) is 0.114. The monoisotopic (exact) mass is 713 g/mol. The van der Waals surface area contributed by atoms with Crippen molar-refractivity contribution in [1.29, 1.82) is 0 Å². The van der Waals surface area contributed by atoms with Crippen LogP contribution < -0.4 is 5.32 Å². The SMILES string of the molecule is C=CCCC(=O)OC[C@H](NC(=O)[C@H]1[C@@H]2O[C@@]3(CC2Br)[C@@H]1C(=O)N(CCCCO)[C@@H]3C(=O)N(CC=C)C1CCCCC1)c1ccccc1. The van der Waals surface area contributed by atoms with Crippen molar-refractivity contribution in [2.45, 2.75) is 98.9 Å². The number of benzene rings is 1. The Kier molecular flexibility index (Phi) is 12.0. The topological polar surface area (TPSA) is 125 Å². The molecule has 4 aliphatic rings. The number of nitrogens with zero attached hydrogens (tertiary/aromatic N) is 2. The standard InChI is InChI=1S/C36H48BrN3O7/c1-3-5-18-28(42)46-23-27(24-14-8-6-9-15-24)38-33(43)29-30-34(44)40(20-12-13-21-41)32(36(30)22-26(37)31(29)47-36)35(45)39(19-4-2)25-16-10-7-11-17-25/h3-4,6,8-9,14-15,25-27,29-32,41H,1-2,5,7,10-13,16-23H2,(H,38,43)/t26?,27-,29+,30-,31+,32+,36-/m0/s1. The molecule has 1 aromatic rings. The molecule has 10 nitrogen and oxygen atoms in total. The molecule has 0 radical (unpaired) electrons. The maximum Gasteiger partial charge on any atom is 0.306 e. The molecule has 3 aliphatic heterocycles. The zero-order valence-corrected chi connectivity index (χ0v) is 28.7. The van der Waals surface area contributed by atoms with Gasteiger partial charge in [0.2, 0.25) is 17.7 Å². The van der Waals surface area contributed by atoms with Gasteiger partial charge in [-0.15, -0.1) is 13.2 Å². The predicted molar refractivity (Wildman–Crippen MR) is 180 cm³/mol. The number of alkyl halides is 1. The number of halogens is 1. The van der Waals surface area contributed by atoms with Gasteiger partial charge in [-0.05, 0) is 44.1 Å². The first-order valence-electron chi connectivity index (χ1n) is 17.0. The van der Waals surface area contributed by atoms with Crippen LogP contribution >= 0.6 is 15.9 Å². The second-order valence-corrected chi connectivity index (χ2v) is 14.4. The lowest BCUT2D eigenvalue weighted by atomic mass is 9.70. The van der Waals surface area contributed by atoms with Crippen LogP contribution in [0.3, 0.4) is 0 Å². The highest BCUT2D eigenvalue weighted by atomic mass is 79.9. The van der Waals surface area contributed by atoms with Crippen LogP contribution in [-0.2, 0) is 28.7 Å². The van der Waals surface area contributed by atoms with Crippen LogP contribution in [0.4, 0.5) is 0 Å². The number of fused-ring (bicyclic) bond motifs is 1. The lowest BCUT2D eigenvalue weighted by Gasteiger charge is -2.41. The molecule has 1 aliphatic carbocycles. The van der Waals surface area contributed by atoms with Crippen molar-refractivity contribution < 1.29 is 33.8 Å². The molecule has 3 heterocycles. The number of unbranched alkanes of at least 4 members (excludes halogenated alkanes) is 1. The van der Waals surface area contributed by atoms with Crippen molar-refractivity contribution in [3.05, 3.63) is 61.2 Å². The number of carbonyl (C=O) groups is 4. The highest BCUT2D eigenvalue weighted by molar-refractivity contribution is 9.09. The summed E-state index contributed by atoms with van der Waals surface area (Å²) < 4.78 is 12.3. The molecule has 47 heavy (non-hydrogen) atoms. The largest absolute Gasteiger partial charge is 0.463 e. The number of likely N-dealkylation sites (tertiary alicyclic amines) is 1. The molecule has 2 bridgehead atoms. The molecule has 1 aromatic carbocycles. The lowest BCUT2D eigenvalue weighted by Crippen LogP contribution is -2.58. The average molecular weight is 715 g/mol. The van der Waals surface area contributed by atoms with E-state index in [-0.39, 0.29) is 54.8 Å². The maximum atomic E-state index is 14.7. The van der Waals surface area contributed by atoms with Crippen LogP contribution in [0.25, 0.3) is 0 Å². The fourth-order valence-electron chi connectivity index (χ4n) is 8.09. The number of hydrogen-bond acceptors (Lipinski definition) is 7. The summed E-state index contributed by atoms with van der Waals surface area (Å²) in [6.07, 6.45) is 9.88. The molecule has 1 spiro atoms. The van der Waals surface area contributed by atoms with E-state index in [0.29, 0.717) is 32.2 Å². The summed E-state index contributed by atoms with van der Waals surface area (Å²) >= 11 is 3.76. The minimum atomic E-state index is -1.18. The summed E-state index contributed by atoms with van der Waals surface area (Å²) in [4.78, 5) is 59.1. The number of aliphatic hydroxyl groups is 1. The number of carbonyl (C=O) groups excluding carboxylic acids is 4. The molecule has 7 atom stereocenters. The number of aliphatic hydroxyl groups excluding tert-OH is 1. The van der Waals surface area contributed by atoms with Crippen LogP contribution in [0.2, 0.25) is 0 Å². The fraction of sp³-hybridized carbons (Fsp3) is 0.611. The Hall–Kier alpha value is -3.02. The minimum Gasteiger partial charge on any atom is -0.463 e. The number of ether oxygens (including phenoxy) is 2. The van der Waals surface area contributed by atoms with Crippen molar-refractivity contribution in [2.75, 3.05) is 26.3 Å². The van der Waals surface area contributed by atoms with Crippen molar-refractivity contribution in [3.8, 4) is 0 Å². The lowest BCUT2D eigenvalue weighted by molar-refractivity contribution is -0.150. The minimum absolute atomic E-state index is 0.0218. The molecule has 256 valence electrons. The first kappa shape index (κ1) is 35.3. The smallest absolute Gasteiger partial charge is 0.306 e. The molecule has 4 fully saturated rings. The average Bonchev–Trinajstić information content (AvgIpc) is 3.68. The normalized spacial score (nSPS) is 28.9. The van der Waals surface area contributed by atoms with Crippen LogP contribution in [-0.4, -0.2) is 93.5 Å². The van der Waals surface area contributed by atoms with Gasteiger partial charge in [-0.1, -0.05) is 77.7 Å². The highest BCUT2D eigenvalue weighted by Gasteiger charge is 2.76. The Balaban J connectivity index is 1.45. The highest BCUT2D eigenvalue weighted by Crippen LogP contribution is 2.60. The third kappa shape index (κ3) is 7.22. The molecule has 3 saturated heterocycles. The third-order valence-corrected chi connectivity index (χ3v) is 11.1. The van der Waals surface area contributed by atoms with Gasteiger partial charge in [0.15, 0.2) is 0 Å². The maximum absolute atomic E-state index is 14.7. The fourth-order valence-corrected chi connectivity index (χ4v) is 9.04. The summed E-state index contributed by atoms with van der Waals surface area (Å²) in [7, 11) is 0. The molecule has 3 amide bonds. The Labute approximate surface area is 286 Å². The van der Waals surface area contributed by atoms with Gasteiger partial charge in [-0.25, -0.2) is 0 Å². The van der Waals surface area contributed by atoms with Crippen molar-refractivity contribution in [2.24, 2.45) is 11.8 Å². The molecule has 11 heteroatoms.